The van der Waals surface area contributed by atoms with E-state index in [1.807, 2.05) is 6.07 Å². The Kier molecular flexibility index (Phi) is 19.9. The minimum atomic E-state index is -1.27. The standard InChI is InChI=1S/2C18H16N2O5S.C16H20N2O4.C4H2BrNO2S/c1-18(2,3)25-17(24)20-8-11(10-6-4-5-7-13(10)20)14(21)15-19-12(9-26-15)16(22)23;1-18(2,3)25-17(24)20-8-11(10-6-4-5-7-12(10)20)14(21)15-13(16(22)23)19-9-26-15;1-16(2,3)22-15(20)18-10-12(14(19)17(4)21-5)11-8-6-7-9-13(11)18;5-4-6-2(1-9-4)3(7)8/h2*4-9H,1-3H3,(H,22,23);6-10H,1-5H3;1H,(H,7,8). The summed E-state index contributed by atoms with van der Waals surface area (Å²) in [7, 11) is 2.92. The Morgan fingerprint density at radius 1 is 0.530 bits per heavy atom. The minimum absolute atomic E-state index is 0.0181. The number of para-hydroxylation sites is 3. The maximum Gasteiger partial charge on any atom is 0.419 e. The van der Waals surface area contributed by atoms with E-state index >= 15 is 0 Å². The number of fused-ring (bicyclic) bond motifs is 3. The average molecular weight is 1260 g/mol. The molecule has 0 saturated carbocycles. The molecule has 9 rings (SSSR count). The molecular formula is C56H54BrN7O16S3. The number of hydrogen-bond donors (Lipinski definition) is 3. The van der Waals surface area contributed by atoms with Crippen molar-refractivity contribution in [3.63, 3.8) is 0 Å². The number of carboxylic acid groups (broad SMARTS) is 3. The molecule has 6 aromatic heterocycles. The summed E-state index contributed by atoms with van der Waals surface area (Å²) in [6.45, 7) is 15.9. The monoisotopic (exact) mass is 1260 g/mol. The molecule has 0 radical (unpaired) electrons. The highest BCUT2D eigenvalue weighted by Crippen LogP contribution is 2.30. The third-order valence-corrected chi connectivity index (χ3v) is 13.8. The average Bonchev–Trinajstić information content (AvgIpc) is 2.76. The number of nitrogens with zero attached hydrogens (tertiary/aromatic N) is 7. The van der Waals surface area contributed by atoms with Crippen LogP contribution in [0.15, 0.2) is 112 Å². The number of amides is 1. The fourth-order valence-corrected chi connectivity index (χ4v) is 9.80. The minimum Gasteiger partial charge on any atom is -0.476 e. The molecule has 83 heavy (non-hydrogen) atoms. The van der Waals surface area contributed by atoms with Gasteiger partial charge in [-0.3, -0.25) is 32.9 Å². The first-order valence-electron chi connectivity index (χ1n) is 24.4. The Hall–Kier alpha value is -8.76. The predicted molar refractivity (Wildman–Crippen MR) is 312 cm³/mol. The SMILES string of the molecule is CC(C)(C)OC(=O)n1cc(C(=O)c2nc(C(=O)O)cs2)c2ccccc21.CC(C)(C)OC(=O)n1cc(C(=O)c2scnc2C(=O)O)c2ccccc21.CON(C)C(=O)c1cn(C(=O)OC(C)(C)C)c2ccccc12.O=C(O)c1csc(Br)n1. The second-order valence-electron chi connectivity index (χ2n) is 20.3. The van der Waals surface area contributed by atoms with Crippen molar-refractivity contribution in [2.45, 2.75) is 79.1 Å². The van der Waals surface area contributed by atoms with E-state index < -0.39 is 64.6 Å². The number of hydrogen-bond acceptors (Lipinski definition) is 19. The van der Waals surface area contributed by atoms with Crippen molar-refractivity contribution >= 4 is 136 Å². The number of rotatable bonds is 9. The lowest BCUT2D eigenvalue weighted by molar-refractivity contribution is -0.0755. The summed E-state index contributed by atoms with van der Waals surface area (Å²) in [5, 5.41) is 32.2. The first-order chi connectivity index (χ1) is 38.8. The molecule has 0 aliphatic heterocycles. The number of carbonyl (C=O) groups is 9. The van der Waals surface area contributed by atoms with E-state index in [0.717, 1.165) is 27.7 Å². The maximum atomic E-state index is 12.9. The molecule has 27 heteroatoms. The predicted octanol–water partition coefficient (Wildman–Crippen LogP) is 12.3. The van der Waals surface area contributed by atoms with Crippen molar-refractivity contribution in [1.29, 1.82) is 0 Å². The van der Waals surface area contributed by atoms with Crippen LogP contribution in [0.25, 0.3) is 32.7 Å². The zero-order valence-corrected chi connectivity index (χ0v) is 50.3. The van der Waals surface area contributed by atoms with Gasteiger partial charge < -0.3 is 29.5 Å². The van der Waals surface area contributed by atoms with Crippen LogP contribution in [0.3, 0.4) is 0 Å². The summed E-state index contributed by atoms with van der Waals surface area (Å²) >= 11 is 6.20. The molecular weight excluding hydrogens is 1200 g/mol. The number of ether oxygens (including phenoxy) is 3. The zero-order valence-electron chi connectivity index (χ0n) is 46.3. The summed E-state index contributed by atoms with van der Waals surface area (Å²) < 4.78 is 20.6. The van der Waals surface area contributed by atoms with Gasteiger partial charge in [-0.2, -0.15) is 0 Å². The van der Waals surface area contributed by atoms with Gasteiger partial charge in [0.25, 0.3) is 5.91 Å². The van der Waals surface area contributed by atoms with Crippen LogP contribution in [0.5, 0.6) is 0 Å². The normalized spacial score (nSPS) is 11.3. The first kappa shape index (κ1) is 63.4. The summed E-state index contributed by atoms with van der Waals surface area (Å²) in [6, 6.07) is 21.0. The third-order valence-electron chi connectivity index (χ3n) is 10.8. The number of hydroxylamine groups is 2. The van der Waals surface area contributed by atoms with Crippen LogP contribution in [-0.4, -0.2) is 134 Å². The molecule has 0 aliphatic rings. The number of aromatic carboxylic acids is 3. The lowest BCUT2D eigenvalue weighted by Gasteiger charge is -2.19. The van der Waals surface area contributed by atoms with Gasteiger partial charge in [-0.15, -0.1) is 34.0 Å². The molecule has 1 amide bonds. The molecule has 9 aromatic rings. The summed E-state index contributed by atoms with van der Waals surface area (Å²) in [5.74, 6) is -4.73. The van der Waals surface area contributed by atoms with Gasteiger partial charge >= 0.3 is 36.2 Å². The number of thiazole rings is 3. The van der Waals surface area contributed by atoms with Crippen molar-refractivity contribution in [2.75, 3.05) is 14.2 Å². The Bertz CT molecular complexity index is 3960. The third kappa shape index (κ3) is 15.8. The van der Waals surface area contributed by atoms with Crippen molar-refractivity contribution in [3.05, 3.63) is 155 Å². The number of carboxylic acids is 3. The van der Waals surface area contributed by atoms with Gasteiger partial charge in [0.2, 0.25) is 11.6 Å². The second-order valence-corrected chi connectivity index (χ2v) is 24.2. The molecule has 3 aromatic carbocycles. The van der Waals surface area contributed by atoms with E-state index in [-0.39, 0.29) is 44.0 Å². The number of aromatic nitrogens is 6. The number of carbonyl (C=O) groups excluding carboxylic acids is 6. The van der Waals surface area contributed by atoms with E-state index in [2.05, 4.69) is 30.9 Å². The van der Waals surface area contributed by atoms with Crippen LogP contribution in [0.2, 0.25) is 0 Å². The fourth-order valence-electron chi connectivity index (χ4n) is 7.33. The molecule has 0 saturated heterocycles. The summed E-state index contributed by atoms with van der Waals surface area (Å²) in [6.07, 6.45) is 2.53. The van der Waals surface area contributed by atoms with Crippen LogP contribution in [0.1, 0.15) is 135 Å². The highest BCUT2D eigenvalue weighted by molar-refractivity contribution is 9.11. The summed E-state index contributed by atoms with van der Waals surface area (Å²) in [5.41, 5.74) is 1.44. The molecule has 434 valence electrons. The fraction of sp³-hybridized carbons (Fsp3) is 0.250. The van der Waals surface area contributed by atoms with Gasteiger partial charge in [0.05, 0.1) is 40.3 Å². The molecule has 0 aliphatic carbocycles. The molecule has 0 fully saturated rings. The maximum absolute atomic E-state index is 12.9. The van der Waals surface area contributed by atoms with Gasteiger partial charge in [0, 0.05) is 58.1 Å². The lowest BCUT2D eigenvalue weighted by Crippen LogP contribution is -2.27. The highest BCUT2D eigenvalue weighted by atomic mass is 79.9. The van der Waals surface area contributed by atoms with Gasteiger partial charge in [0.15, 0.2) is 26.0 Å². The molecule has 0 spiro atoms. The van der Waals surface area contributed by atoms with Gasteiger partial charge in [-0.25, -0.2) is 48.8 Å². The molecule has 23 nitrogen and oxygen atoms in total. The van der Waals surface area contributed by atoms with Gasteiger partial charge in [-0.05, 0) is 96.4 Å². The van der Waals surface area contributed by atoms with E-state index in [1.165, 1.54) is 74.1 Å². The molecule has 0 bridgehead atoms. The second kappa shape index (κ2) is 26.0. The number of benzene rings is 3. The quantitative estimate of drug-likeness (QED) is 0.0687. The Labute approximate surface area is 493 Å². The number of halogens is 1. The molecule has 6 heterocycles. The number of ketones is 2. The van der Waals surface area contributed by atoms with Gasteiger partial charge in [-0.1, -0.05) is 54.6 Å². The van der Waals surface area contributed by atoms with Crippen LogP contribution in [0, 0.1) is 0 Å². The largest absolute Gasteiger partial charge is 0.476 e. The molecule has 0 unspecified atom stereocenters. The first-order valence-corrected chi connectivity index (χ1v) is 27.9. The topological polar surface area (TPSA) is 308 Å². The van der Waals surface area contributed by atoms with Crippen molar-refractivity contribution in [3.8, 4) is 0 Å². The van der Waals surface area contributed by atoms with Crippen LogP contribution in [0.4, 0.5) is 14.4 Å². The van der Waals surface area contributed by atoms with Crippen molar-refractivity contribution < 1.29 is 77.5 Å². The highest BCUT2D eigenvalue weighted by Gasteiger charge is 2.29. The van der Waals surface area contributed by atoms with Crippen LogP contribution in [-0.2, 0) is 19.0 Å². The lowest BCUT2D eigenvalue weighted by atomic mass is 10.1. The van der Waals surface area contributed by atoms with E-state index in [9.17, 15) is 48.3 Å². The molecule has 0 atom stereocenters. The van der Waals surface area contributed by atoms with Crippen molar-refractivity contribution in [2.24, 2.45) is 0 Å². The van der Waals surface area contributed by atoms with E-state index in [1.54, 1.807) is 129 Å². The summed E-state index contributed by atoms with van der Waals surface area (Å²) in [4.78, 5) is 124. The zero-order chi connectivity index (χ0) is 61.5. The van der Waals surface area contributed by atoms with Crippen LogP contribution < -0.4 is 0 Å². The Morgan fingerprint density at radius 2 is 0.916 bits per heavy atom. The smallest absolute Gasteiger partial charge is 0.419 e. The van der Waals surface area contributed by atoms with Gasteiger partial charge in [0.1, 0.15) is 21.7 Å². The van der Waals surface area contributed by atoms with E-state index in [4.69, 9.17) is 29.3 Å². The van der Waals surface area contributed by atoms with E-state index in [0.29, 0.717) is 42.2 Å². The van der Waals surface area contributed by atoms with Crippen molar-refractivity contribution in [1.82, 2.24) is 33.7 Å². The molecule has 3 N–H and O–H groups in total. The Balaban J connectivity index is 0.000000186. The van der Waals surface area contributed by atoms with Crippen LogP contribution >= 0.6 is 49.9 Å². The Morgan fingerprint density at radius 3 is 1.28 bits per heavy atom.